The van der Waals surface area contributed by atoms with Crippen LogP contribution in [0.4, 0.5) is 24.5 Å². The number of thiophene rings is 1. The molecular formula is C23H16ClF3N2O3S2. The quantitative estimate of drug-likeness (QED) is 0.297. The molecule has 5 nitrogen and oxygen atoms in total. The van der Waals surface area contributed by atoms with E-state index >= 15 is 0 Å². The van der Waals surface area contributed by atoms with Gasteiger partial charge < -0.3 is 5.32 Å². The van der Waals surface area contributed by atoms with Crippen molar-refractivity contribution in [3.8, 4) is 0 Å². The van der Waals surface area contributed by atoms with Crippen LogP contribution in [0.15, 0.2) is 71.6 Å². The zero-order valence-electron chi connectivity index (χ0n) is 17.4. The summed E-state index contributed by atoms with van der Waals surface area (Å²) < 4.78 is 67.7. The molecule has 0 unspecified atom stereocenters. The van der Waals surface area contributed by atoms with Crippen LogP contribution in [0, 0.1) is 6.92 Å². The molecule has 4 aromatic rings. The lowest BCUT2D eigenvalue weighted by Crippen LogP contribution is -2.17. The van der Waals surface area contributed by atoms with Gasteiger partial charge in [0.05, 0.1) is 26.7 Å². The molecule has 1 amide bonds. The Balaban J connectivity index is 1.63. The first-order chi connectivity index (χ1) is 16.0. The van der Waals surface area contributed by atoms with Crippen molar-refractivity contribution in [2.45, 2.75) is 18.0 Å². The molecule has 0 aliphatic heterocycles. The predicted molar refractivity (Wildman–Crippen MR) is 128 cm³/mol. The molecule has 0 atom stereocenters. The van der Waals surface area contributed by atoms with E-state index in [1.807, 2.05) is 0 Å². The van der Waals surface area contributed by atoms with E-state index in [9.17, 15) is 26.4 Å². The topological polar surface area (TPSA) is 75.3 Å². The van der Waals surface area contributed by atoms with E-state index in [4.69, 9.17) is 11.6 Å². The lowest BCUT2D eigenvalue weighted by atomic mass is 10.1. The van der Waals surface area contributed by atoms with Crippen molar-refractivity contribution in [2.75, 3.05) is 10.0 Å². The lowest BCUT2D eigenvalue weighted by molar-refractivity contribution is -0.137. The van der Waals surface area contributed by atoms with Crippen LogP contribution in [0.5, 0.6) is 0 Å². The van der Waals surface area contributed by atoms with Crippen molar-refractivity contribution >= 4 is 60.3 Å². The van der Waals surface area contributed by atoms with E-state index in [0.29, 0.717) is 20.7 Å². The van der Waals surface area contributed by atoms with Crippen LogP contribution in [-0.4, -0.2) is 14.3 Å². The van der Waals surface area contributed by atoms with Crippen LogP contribution in [0.25, 0.3) is 10.1 Å². The predicted octanol–water partition coefficient (Wildman–Crippen LogP) is 6.94. The maximum atomic E-state index is 13.1. The molecule has 1 heterocycles. The molecule has 0 aliphatic carbocycles. The molecular weight excluding hydrogens is 509 g/mol. The van der Waals surface area contributed by atoms with Crippen LogP contribution in [0.3, 0.4) is 0 Å². The summed E-state index contributed by atoms with van der Waals surface area (Å²) in [5, 5.41) is 3.37. The number of benzene rings is 3. The normalized spacial score (nSPS) is 12.0. The molecule has 0 saturated carbocycles. The van der Waals surface area contributed by atoms with Crippen molar-refractivity contribution in [3.05, 3.63) is 87.8 Å². The molecule has 34 heavy (non-hydrogen) atoms. The highest BCUT2D eigenvalue weighted by Gasteiger charge is 2.31. The molecule has 3 aromatic carbocycles. The molecule has 0 spiro atoms. The number of nitrogens with one attached hydrogen (secondary N) is 2. The lowest BCUT2D eigenvalue weighted by Gasteiger charge is -2.13. The van der Waals surface area contributed by atoms with E-state index in [2.05, 4.69) is 10.0 Å². The number of alkyl halides is 3. The Kier molecular flexibility index (Phi) is 6.32. The first kappa shape index (κ1) is 24.1. The molecule has 4 rings (SSSR count). The van der Waals surface area contributed by atoms with Crippen LogP contribution in [0.1, 0.15) is 20.8 Å². The van der Waals surface area contributed by atoms with Gasteiger partial charge in [-0.15, -0.1) is 11.3 Å². The number of carbonyl (C=O) groups is 1. The van der Waals surface area contributed by atoms with Gasteiger partial charge in [0.2, 0.25) is 0 Å². The average molecular weight is 525 g/mol. The maximum absolute atomic E-state index is 13.1. The number of sulfonamides is 1. The van der Waals surface area contributed by atoms with Crippen molar-refractivity contribution in [3.63, 3.8) is 0 Å². The number of hydrogen-bond donors (Lipinski definition) is 2. The van der Waals surface area contributed by atoms with Gasteiger partial charge in [-0.3, -0.25) is 9.52 Å². The monoisotopic (exact) mass is 524 g/mol. The summed E-state index contributed by atoms with van der Waals surface area (Å²) in [6.45, 7) is 1.57. The van der Waals surface area contributed by atoms with E-state index < -0.39 is 27.7 Å². The Bertz CT molecular complexity index is 1500. The highest BCUT2D eigenvalue weighted by Crippen LogP contribution is 2.37. The van der Waals surface area contributed by atoms with Crippen molar-refractivity contribution in [1.29, 1.82) is 0 Å². The van der Waals surface area contributed by atoms with Gasteiger partial charge in [0.25, 0.3) is 15.9 Å². The third-order valence-electron chi connectivity index (χ3n) is 5.01. The Morgan fingerprint density at radius 3 is 2.26 bits per heavy atom. The fraction of sp³-hybridized carbons (Fsp3) is 0.0870. The zero-order chi connectivity index (χ0) is 24.7. The second kappa shape index (κ2) is 8.94. The van der Waals surface area contributed by atoms with E-state index in [1.54, 1.807) is 19.1 Å². The molecule has 0 fully saturated rings. The minimum atomic E-state index is -4.49. The summed E-state index contributed by atoms with van der Waals surface area (Å²) in [7, 11) is -3.96. The standard InChI is InChI=1S/C23H16ClF3N2O3S2/c1-13-17-12-14(23(25,26)27)6-11-20(17)33-21(13)22(30)28-18-4-2-3-5-19(18)29-34(31,32)16-9-7-15(24)8-10-16/h2-12,29H,1H3,(H,28,30). The van der Waals surface area contributed by atoms with Gasteiger partial charge in [0.15, 0.2) is 0 Å². The molecule has 2 N–H and O–H groups in total. The molecule has 0 bridgehead atoms. The number of fused-ring (bicyclic) bond motifs is 1. The maximum Gasteiger partial charge on any atom is 0.416 e. The molecule has 1 aromatic heterocycles. The Hall–Kier alpha value is -3.08. The van der Waals surface area contributed by atoms with Gasteiger partial charge in [0, 0.05) is 9.72 Å². The summed E-state index contributed by atoms with van der Waals surface area (Å²) >= 11 is 6.88. The van der Waals surface area contributed by atoms with Gasteiger partial charge in [-0.2, -0.15) is 13.2 Å². The highest BCUT2D eigenvalue weighted by molar-refractivity contribution is 7.92. The molecule has 0 aliphatic rings. The van der Waals surface area contributed by atoms with Gasteiger partial charge in [-0.25, -0.2) is 8.42 Å². The third kappa shape index (κ3) is 4.89. The van der Waals surface area contributed by atoms with Crippen LogP contribution >= 0.6 is 22.9 Å². The van der Waals surface area contributed by atoms with E-state index in [1.165, 1.54) is 42.5 Å². The van der Waals surface area contributed by atoms with Crippen LogP contribution in [0.2, 0.25) is 5.02 Å². The average Bonchev–Trinajstić information content (AvgIpc) is 3.11. The summed E-state index contributed by atoms with van der Waals surface area (Å²) in [5.41, 5.74) is -0.0700. The summed E-state index contributed by atoms with van der Waals surface area (Å²) in [4.78, 5) is 13.2. The van der Waals surface area contributed by atoms with E-state index in [0.717, 1.165) is 23.5 Å². The number of para-hydroxylation sites is 2. The molecule has 0 saturated heterocycles. The van der Waals surface area contributed by atoms with Crippen molar-refractivity contribution < 1.29 is 26.4 Å². The number of halogens is 4. The second-order valence-corrected chi connectivity index (χ2v) is 10.5. The SMILES string of the molecule is Cc1c(C(=O)Nc2ccccc2NS(=O)(=O)c2ccc(Cl)cc2)sc2ccc(C(F)(F)F)cc12. The third-order valence-corrected chi connectivity index (χ3v) is 7.92. The number of hydrogen-bond acceptors (Lipinski definition) is 4. The molecule has 11 heteroatoms. The van der Waals surface area contributed by atoms with Gasteiger partial charge in [-0.05, 0) is 72.5 Å². The van der Waals surface area contributed by atoms with Gasteiger partial charge >= 0.3 is 6.18 Å². The highest BCUT2D eigenvalue weighted by atomic mass is 35.5. The van der Waals surface area contributed by atoms with Crippen molar-refractivity contribution in [1.82, 2.24) is 0 Å². The Morgan fingerprint density at radius 1 is 0.971 bits per heavy atom. The summed E-state index contributed by atoms with van der Waals surface area (Å²) in [5.74, 6) is -0.564. The number of aryl methyl sites for hydroxylation is 1. The smallest absolute Gasteiger partial charge is 0.319 e. The van der Waals surface area contributed by atoms with Gasteiger partial charge in [0.1, 0.15) is 0 Å². The fourth-order valence-corrected chi connectivity index (χ4v) is 5.58. The molecule has 176 valence electrons. The van der Waals surface area contributed by atoms with Crippen LogP contribution < -0.4 is 10.0 Å². The largest absolute Gasteiger partial charge is 0.416 e. The molecule has 0 radical (unpaired) electrons. The minimum Gasteiger partial charge on any atom is -0.319 e. The van der Waals surface area contributed by atoms with Gasteiger partial charge in [-0.1, -0.05) is 23.7 Å². The summed E-state index contributed by atoms with van der Waals surface area (Å²) in [6.07, 6.45) is -4.49. The fourth-order valence-electron chi connectivity index (χ4n) is 3.29. The number of rotatable bonds is 5. The number of amides is 1. The Labute approximate surface area is 202 Å². The minimum absolute atomic E-state index is 0.0150. The van der Waals surface area contributed by atoms with Crippen molar-refractivity contribution in [2.24, 2.45) is 0 Å². The number of carbonyl (C=O) groups excluding carboxylic acids is 1. The Morgan fingerprint density at radius 2 is 1.62 bits per heavy atom. The van der Waals surface area contributed by atoms with E-state index in [-0.39, 0.29) is 21.1 Å². The summed E-state index contributed by atoms with van der Waals surface area (Å²) in [6, 6.07) is 15.1. The second-order valence-electron chi connectivity index (χ2n) is 7.32. The van der Waals surface area contributed by atoms with Crippen LogP contribution in [-0.2, 0) is 16.2 Å². The number of anilines is 2. The zero-order valence-corrected chi connectivity index (χ0v) is 19.8. The first-order valence-corrected chi connectivity index (χ1v) is 12.4. The first-order valence-electron chi connectivity index (χ1n) is 9.75.